The highest BCUT2D eigenvalue weighted by Gasteiger charge is 2.19. The zero-order chi connectivity index (χ0) is 18.4. The van der Waals surface area contributed by atoms with Crippen molar-refractivity contribution in [2.45, 2.75) is 18.9 Å². The summed E-state index contributed by atoms with van der Waals surface area (Å²) in [5, 5.41) is 3.00. The van der Waals surface area contributed by atoms with Crippen LogP contribution in [0.25, 0.3) is 0 Å². The average Bonchev–Trinajstić information content (AvgIpc) is 2.56. The number of carbonyl (C=O) groups excluding carboxylic acids is 2. The van der Waals surface area contributed by atoms with Gasteiger partial charge in [-0.3, -0.25) is 9.59 Å². The van der Waals surface area contributed by atoms with Crippen LogP contribution in [0.5, 0.6) is 5.75 Å². The van der Waals surface area contributed by atoms with Crippen molar-refractivity contribution in [1.29, 1.82) is 0 Å². The maximum atomic E-state index is 12.9. The van der Waals surface area contributed by atoms with Gasteiger partial charge in [0.15, 0.2) is 0 Å². The molecule has 0 aliphatic carbocycles. The summed E-state index contributed by atoms with van der Waals surface area (Å²) >= 11 is 6.06. The van der Waals surface area contributed by atoms with Crippen molar-refractivity contribution in [1.82, 2.24) is 5.32 Å². The van der Waals surface area contributed by atoms with E-state index in [4.69, 9.17) is 22.1 Å². The van der Waals surface area contributed by atoms with Crippen molar-refractivity contribution in [3.63, 3.8) is 0 Å². The van der Waals surface area contributed by atoms with Crippen LogP contribution in [0.3, 0.4) is 0 Å². The molecule has 1 atom stereocenters. The van der Waals surface area contributed by atoms with E-state index in [0.29, 0.717) is 16.3 Å². The van der Waals surface area contributed by atoms with Gasteiger partial charge in [-0.15, -0.1) is 0 Å². The lowest BCUT2D eigenvalue weighted by atomic mass is 10.0. The number of methoxy groups -OCH3 is 1. The minimum atomic E-state index is -0.877. The lowest BCUT2D eigenvalue weighted by molar-refractivity contribution is -0.127. The topological polar surface area (TPSA) is 81.4 Å². The SMILES string of the molecule is COc1ccc(C[C@@H](NC(=O)Cc2ccc(F)cc2)C(N)=O)cc1Cl. The van der Waals surface area contributed by atoms with Crippen molar-refractivity contribution in [3.05, 3.63) is 64.4 Å². The van der Waals surface area contributed by atoms with Crippen LogP contribution in [0.1, 0.15) is 11.1 Å². The summed E-state index contributed by atoms with van der Waals surface area (Å²) in [6.07, 6.45) is 0.224. The van der Waals surface area contributed by atoms with Gasteiger partial charge in [-0.2, -0.15) is 0 Å². The predicted octanol–water partition coefficient (Wildman–Crippen LogP) is 2.24. The molecule has 3 N–H and O–H groups in total. The molecule has 0 fully saturated rings. The molecule has 5 nitrogen and oxygen atoms in total. The molecule has 0 unspecified atom stereocenters. The molecule has 0 saturated heterocycles. The fourth-order valence-corrected chi connectivity index (χ4v) is 2.61. The first kappa shape index (κ1) is 18.7. The zero-order valence-electron chi connectivity index (χ0n) is 13.6. The number of amides is 2. The zero-order valence-corrected chi connectivity index (χ0v) is 14.3. The van der Waals surface area contributed by atoms with Gasteiger partial charge in [-0.05, 0) is 35.4 Å². The first-order valence-corrected chi connectivity index (χ1v) is 7.92. The molecule has 132 valence electrons. The Balaban J connectivity index is 2.02. The molecule has 0 heterocycles. The minimum absolute atomic E-state index is 0.0213. The molecule has 0 spiro atoms. The lowest BCUT2D eigenvalue weighted by Crippen LogP contribution is -2.46. The molecule has 2 aromatic carbocycles. The van der Waals surface area contributed by atoms with E-state index in [1.807, 2.05) is 0 Å². The fraction of sp³-hybridized carbons (Fsp3) is 0.222. The first-order chi connectivity index (χ1) is 11.9. The van der Waals surface area contributed by atoms with Gasteiger partial charge in [0, 0.05) is 6.42 Å². The highest BCUT2D eigenvalue weighted by molar-refractivity contribution is 6.32. The van der Waals surface area contributed by atoms with Crippen molar-refractivity contribution in [3.8, 4) is 5.75 Å². The minimum Gasteiger partial charge on any atom is -0.495 e. The number of rotatable bonds is 7. The molecular weight excluding hydrogens is 347 g/mol. The third kappa shape index (κ3) is 5.46. The summed E-state index contributed by atoms with van der Waals surface area (Å²) in [5.41, 5.74) is 6.75. The number of carbonyl (C=O) groups is 2. The number of ether oxygens (including phenoxy) is 1. The van der Waals surface area contributed by atoms with Crippen molar-refractivity contribution in [2.24, 2.45) is 5.73 Å². The largest absolute Gasteiger partial charge is 0.495 e. The quantitative estimate of drug-likeness (QED) is 0.790. The van der Waals surface area contributed by atoms with Gasteiger partial charge in [0.1, 0.15) is 17.6 Å². The Morgan fingerprint density at radius 2 is 1.84 bits per heavy atom. The fourth-order valence-electron chi connectivity index (χ4n) is 2.33. The van der Waals surface area contributed by atoms with Crippen LogP contribution in [-0.2, 0) is 22.4 Å². The number of hydrogen-bond acceptors (Lipinski definition) is 3. The average molecular weight is 365 g/mol. The summed E-state index contributed by atoms with van der Waals surface area (Å²) in [6, 6.07) is 9.76. The van der Waals surface area contributed by atoms with Crippen molar-refractivity contribution < 1.29 is 18.7 Å². The van der Waals surface area contributed by atoms with Crippen LogP contribution >= 0.6 is 11.6 Å². The van der Waals surface area contributed by atoms with E-state index >= 15 is 0 Å². The van der Waals surface area contributed by atoms with Crippen molar-refractivity contribution >= 4 is 23.4 Å². The van der Waals surface area contributed by atoms with Gasteiger partial charge >= 0.3 is 0 Å². The molecule has 25 heavy (non-hydrogen) atoms. The lowest BCUT2D eigenvalue weighted by Gasteiger charge is -2.16. The Hall–Kier alpha value is -2.60. The summed E-state index contributed by atoms with van der Waals surface area (Å²) in [4.78, 5) is 23.8. The summed E-state index contributed by atoms with van der Waals surface area (Å²) in [5.74, 6) is -0.897. The molecule has 0 radical (unpaired) electrons. The number of benzene rings is 2. The van der Waals surface area contributed by atoms with Gasteiger partial charge in [-0.1, -0.05) is 29.8 Å². The van der Waals surface area contributed by atoms with Gasteiger partial charge < -0.3 is 15.8 Å². The predicted molar refractivity (Wildman–Crippen MR) is 92.9 cm³/mol. The number of hydrogen-bond donors (Lipinski definition) is 2. The maximum absolute atomic E-state index is 12.9. The molecule has 2 amide bonds. The standard InChI is InChI=1S/C18H18ClFN2O3/c1-25-16-7-4-12(8-14(16)19)9-15(18(21)24)22-17(23)10-11-2-5-13(20)6-3-11/h2-8,15H,9-10H2,1H3,(H2,21,24)(H,22,23)/t15-/m1/s1. The van der Waals surface area contributed by atoms with E-state index in [0.717, 1.165) is 5.56 Å². The highest BCUT2D eigenvalue weighted by atomic mass is 35.5. The molecule has 2 rings (SSSR count). The van der Waals surface area contributed by atoms with Gasteiger partial charge in [0.05, 0.1) is 18.6 Å². The van der Waals surface area contributed by atoms with E-state index in [9.17, 15) is 14.0 Å². The third-order valence-electron chi connectivity index (χ3n) is 3.61. The Bertz CT molecular complexity index is 765. The monoisotopic (exact) mass is 364 g/mol. The number of nitrogens with one attached hydrogen (secondary N) is 1. The number of nitrogens with two attached hydrogens (primary N) is 1. The number of primary amides is 1. The highest BCUT2D eigenvalue weighted by Crippen LogP contribution is 2.25. The van der Waals surface area contributed by atoms with E-state index in [1.54, 1.807) is 18.2 Å². The van der Waals surface area contributed by atoms with E-state index in [2.05, 4.69) is 5.32 Å². The van der Waals surface area contributed by atoms with Crippen LogP contribution in [0, 0.1) is 5.82 Å². The normalized spacial score (nSPS) is 11.6. The van der Waals surface area contributed by atoms with Crippen LogP contribution in [0.15, 0.2) is 42.5 Å². The molecule has 2 aromatic rings. The van der Waals surface area contributed by atoms with Crippen LogP contribution in [0.4, 0.5) is 4.39 Å². The molecule has 0 aliphatic heterocycles. The third-order valence-corrected chi connectivity index (χ3v) is 3.91. The van der Waals surface area contributed by atoms with E-state index < -0.39 is 11.9 Å². The van der Waals surface area contributed by atoms with Crippen LogP contribution in [-0.4, -0.2) is 25.0 Å². The van der Waals surface area contributed by atoms with E-state index in [1.165, 1.54) is 31.4 Å². The summed E-state index contributed by atoms with van der Waals surface area (Å²) in [7, 11) is 1.50. The van der Waals surface area contributed by atoms with Gasteiger partial charge in [0.2, 0.25) is 11.8 Å². The van der Waals surface area contributed by atoms with Gasteiger partial charge in [0.25, 0.3) is 0 Å². The van der Waals surface area contributed by atoms with Crippen LogP contribution in [0.2, 0.25) is 5.02 Å². The molecule has 0 aliphatic rings. The molecular formula is C18H18ClFN2O3. The second-order valence-electron chi connectivity index (χ2n) is 5.50. The summed E-state index contributed by atoms with van der Waals surface area (Å²) < 4.78 is 18.0. The van der Waals surface area contributed by atoms with Crippen LogP contribution < -0.4 is 15.8 Å². The number of halogens is 2. The first-order valence-electron chi connectivity index (χ1n) is 7.54. The Morgan fingerprint density at radius 3 is 2.40 bits per heavy atom. The molecule has 0 aromatic heterocycles. The summed E-state index contributed by atoms with van der Waals surface area (Å²) in [6.45, 7) is 0. The molecule has 0 saturated carbocycles. The smallest absolute Gasteiger partial charge is 0.240 e. The van der Waals surface area contributed by atoms with Crippen molar-refractivity contribution in [2.75, 3.05) is 7.11 Å². The second-order valence-corrected chi connectivity index (χ2v) is 5.91. The Kier molecular flexibility index (Phi) is 6.36. The molecule has 0 bridgehead atoms. The molecule has 7 heteroatoms. The Labute approximate surface area is 149 Å². The maximum Gasteiger partial charge on any atom is 0.240 e. The Morgan fingerprint density at radius 1 is 1.20 bits per heavy atom. The van der Waals surface area contributed by atoms with Gasteiger partial charge in [-0.25, -0.2) is 4.39 Å². The van der Waals surface area contributed by atoms with E-state index in [-0.39, 0.29) is 24.6 Å². The second kappa shape index (κ2) is 8.48.